The van der Waals surface area contributed by atoms with Crippen LogP contribution in [0.2, 0.25) is 0 Å². The third kappa shape index (κ3) is 3.94. The normalized spacial score (nSPS) is 20.5. The van der Waals surface area contributed by atoms with E-state index in [1.54, 1.807) is 0 Å². The zero-order valence-corrected chi connectivity index (χ0v) is 13.6. The van der Waals surface area contributed by atoms with Gasteiger partial charge in [-0.05, 0) is 43.7 Å². The number of anilines is 1. The van der Waals surface area contributed by atoms with E-state index in [2.05, 4.69) is 59.1 Å². The average Bonchev–Trinajstić information content (AvgIpc) is 2.37. The maximum absolute atomic E-state index is 5.82. The molecule has 0 bridgehead atoms. The third-order valence-corrected chi connectivity index (χ3v) is 4.13. The molecule has 0 amide bonds. The second-order valence-corrected chi connectivity index (χ2v) is 6.10. The van der Waals surface area contributed by atoms with Crippen molar-refractivity contribution in [2.24, 2.45) is 0 Å². The standard InChI is InChI=1S/C15H23BrN2O/c1-4-18-5-6-19-14(10-18)9-17-15-11(2)7-13(16)8-12(15)3/h7-8,14,17H,4-6,9-10H2,1-3H3. The molecule has 1 aliphatic rings. The van der Waals surface area contributed by atoms with Crippen LogP contribution in [0.5, 0.6) is 0 Å². The molecule has 1 saturated heterocycles. The maximum Gasteiger partial charge on any atom is 0.0874 e. The van der Waals surface area contributed by atoms with Crippen molar-refractivity contribution in [2.75, 3.05) is 38.1 Å². The van der Waals surface area contributed by atoms with Crippen LogP contribution in [0.25, 0.3) is 0 Å². The van der Waals surface area contributed by atoms with Gasteiger partial charge in [-0.2, -0.15) is 0 Å². The number of aryl methyl sites for hydroxylation is 2. The lowest BCUT2D eigenvalue weighted by Gasteiger charge is -2.32. The number of hydrogen-bond donors (Lipinski definition) is 1. The summed E-state index contributed by atoms with van der Waals surface area (Å²) in [5.41, 5.74) is 3.78. The number of halogens is 1. The fourth-order valence-corrected chi connectivity index (χ4v) is 3.28. The number of likely N-dealkylation sites (N-methyl/N-ethyl adjacent to an activating group) is 1. The van der Waals surface area contributed by atoms with E-state index in [0.717, 1.165) is 37.3 Å². The SMILES string of the molecule is CCN1CCOC(CNc2c(C)cc(Br)cc2C)C1. The summed E-state index contributed by atoms with van der Waals surface area (Å²) in [6, 6.07) is 4.30. The zero-order chi connectivity index (χ0) is 13.8. The molecule has 0 spiro atoms. The fourth-order valence-electron chi connectivity index (χ4n) is 2.60. The van der Waals surface area contributed by atoms with Crippen molar-refractivity contribution in [1.29, 1.82) is 0 Å². The third-order valence-electron chi connectivity index (χ3n) is 3.67. The lowest BCUT2D eigenvalue weighted by molar-refractivity contribution is -0.0191. The van der Waals surface area contributed by atoms with E-state index in [0.29, 0.717) is 0 Å². The molecule has 1 aromatic carbocycles. The van der Waals surface area contributed by atoms with Gasteiger partial charge in [-0.3, -0.25) is 4.90 Å². The minimum absolute atomic E-state index is 0.288. The monoisotopic (exact) mass is 326 g/mol. The summed E-state index contributed by atoms with van der Waals surface area (Å²) in [6.07, 6.45) is 0.288. The summed E-state index contributed by atoms with van der Waals surface area (Å²) >= 11 is 3.53. The molecule has 0 radical (unpaired) electrons. The van der Waals surface area contributed by atoms with Gasteiger partial charge in [0, 0.05) is 29.8 Å². The van der Waals surface area contributed by atoms with Crippen molar-refractivity contribution < 1.29 is 4.74 Å². The van der Waals surface area contributed by atoms with Gasteiger partial charge in [-0.25, -0.2) is 0 Å². The summed E-state index contributed by atoms with van der Waals surface area (Å²) in [7, 11) is 0. The van der Waals surface area contributed by atoms with Crippen LogP contribution in [0.15, 0.2) is 16.6 Å². The number of hydrogen-bond acceptors (Lipinski definition) is 3. The highest BCUT2D eigenvalue weighted by molar-refractivity contribution is 9.10. The first kappa shape index (κ1) is 14.8. The van der Waals surface area contributed by atoms with Crippen LogP contribution in [0.4, 0.5) is 5.69 Å². The molecule has 1 aliphatic heterocycles. The van der Waals surface area contributed by atoms with Crippen molar-refractivity contribution in [1.82, 2.24) is 4.90 Å². The molecule has 19 heavy (non-hydrogen) atoms. The Hall–Kier alpha value is -0.580. The van der Waals surface area contributed by atoms with E-state index in [4.69, 9.17) is 4.74 Å². The van der Waals surface area contributed by atoms with E-state index in [1.165, 1.54) is 16.8 Å². The van der Waals surface area contributed by atoms with Gasteiger partial charge in [0.2, 0.25) is 0 Å². The summed E-state index contributed by atoms with van der Waals surface area (Å²) in [5.74, 6) is 0. The number of benzene rings is 1. The predicted octanol–water partition coefficient (Wildman–Crippen LogP) is 3.20. The van der Waals surface area contributed by atoms with Gasteiger partial charge in [0.25, 0.3) is 0 Å². The topological polar surface area (TPSA) is 24.5 Å². The van der Waals surface area contributed by atoms with Gasteiger partial charge < -0.3 is 10.1 Å². The second-order valence-electron chi connectivity index (χ2n) is 5.18. The van der Waals surface area contributed by atoms with E-state index in [1.807, 2.05) is 0 Å². The lowest BCUT2D eigenvalue weighted by Crippen LogP contribution is -2.45. The summed E-state index contributed by atoms with van der Waals surface area (Å²) in [4.78, 5) is 2.44. The molecule has 2 rings (SSSR count). The molecule has 0 saturated carbocycles. The van der Waals surface area contributed by atoms with E-state index < -0.39 is 0 Å². The van der Waals surface area contributed by atoms with Gasteiger partial charge >= 0.3 is 0 Å². The van der Waals surface area contributed by atoms with E-state index in [9.17, 15) is 0 Å². The molecule has 1 N–H and O–H groups in total. The second kappa shape index (κ2) is 6.73. The first-order valence-corrected chi connectivity index (χ1v) is 7.74. The fraction of sp³-hybridized carbons (Fsp3) is 0.600. The van der Waals surface area contributed by atoms with Crippen molar-refractivity contribution in [2.45, 2.75) is 26.9 Å². The quantitative estimate of drug-likeness (QED) is 0.919. The lowest BCUT2D eigenvalue weighted by atomic mass is 10.1. The summed E-state index contributed by atoms with van der Waals surface area (Å²) in [5, 5.41) is 3.55. The molecular weight excluding hydrogens is 304 g/mol. The molecule has 1 atom stereocenters. The van der Waals surface area contributed by atoms with E-state index >= 15 is 0 Å². The van der Waals surface area contributed by atoms with Gasteiger partial charge in [0.15, 0.2) is 0 Å². The Bertz CT molecular complexity index is 413. The van der Waals surface area contributed by atoms with Crippen molar-refractivity contribution in [3.05, 3.63) is 27.7 Å². The average molecular weight is 327 g/mol. The molecule has 1 fully saturated rings. The smallest absolute Gasteiger partial charge is 0.0874 e. The number of nitrogens with one attached hydrogen (secondary N) is 1. The predicted molar refractivity (Wildman–Crippen MR) is 84.0 cm³/mol. The van der Waals surface area contributed by atoms with Gasteiger partial charge in [0.1, 0.15) is 0 Å². The minimum atomic E-state index is 0.288. The Morgan fingerprint density at radius 2 is 2.05 bits per heavy atom. The Labute approximate surface area is 124 Å². The van der Waals surface area contributed by atoms with Crippen molar-refractivity contribution in [3.63, 3.8) is 0 Å². The van der Waals surface area contributed by atoms with Crippen LogP contribution in [-0.4, -0.2) is 43.8 Å². The number of morpholine rings is 1. The molecular formula is C15H23BrN2O. The van der Waals surface area contributed by atoms with Crippen LogP contribution < -0.4 is 5.32 Å². The molecule has 3 nitrogen and oxygen atoms in total. The molecule has 1 unspecified atom stereocenters. The van der Waals surface area contributed by atoms with Crippen LogP contribution in [0.1, 0.15) is 18.1 Å². The first-order valence-electron chi connectivity index (χ1n) is 6.94. The maximum atomic E-state index is 5.82. The van der Waals surface area contributed by atoms with Crippen molar-refractivity contribution >= 4 is 21.6 Å². The molecule has 106 valence electrons. The molecule has 1 aromatic rings. The Morgan fingerprint density at radius 3 is 2.68 bits per heavy atom. The van der Waals surface area contributed by atoms with E-state index in [-0.39, 0.29) is 6.10 Å². The van der Waals surface area contributed by atoms with Gasteiger partial charge in [-0.1, -0.05) is 22.9 Å². The molecule has 1 heterocycles. The zero-order valence-electron chi connectivity index (χ0n) is 12.0. The number of ether oxygens (including phenoxy) is 1. The van der Waals surface area contributed by atoms with Gasteiger partial charge in [0.05, 0.1) is 12.7 Å². The Kier molecular flexibility index (Phi) is 5.25. The largest absolute Gasteiger partial charge is 0.382 e. The summed E-state index contributed by atoms with van der Waals surface area (Å²) in [6.45, 7) is 11.4. The van der Waals surface area contributed by atoms with Gasteiger partial charge in [-0.15, -0.1) is 0 Å². The summed E-state index contributed by atoms with van der Waals surface area (Å²) < 4.78 is 6.96. The number of rotatable bonds is 4. The van der Waals surface area contributed by atoms with Crippen LogP contribution in [0.3, 0.4) is 0 Å². The Morgan fingerprint density at radius 1 is 1.37 bits per heavy atom. The van der Waals surface area contributed by atoms with Crippen molar-refractivity contribution in [3.8, 4) is 0 Å². The van der Waals surface area contributed by atoms with Crippen LogP contribution in [0, 0.1) is 13.8 Å². The first-order chi connectivity index (χ1) is 9.10. The van der Waals surface area contributed by atoms with Crippen LogP contribution in [-0.2, 0) is 4.74 Å². The number of nitrogens with zero attached hydrogens (tertiary/aromatic N) is 1. The minimum Gasteiger partial charge on any atom is -0.382 e. The highest BCUT2D eigenvalue weighted by atomic mass is 79.9. The highest BCUT2D eigenvalue weighted by Gasteiger charge is 2.19. The molecule has 4 heteroatoms. The van der Waals surface area contributed by atoms with Crippen LogP contribution >= 0.6 is 15.9 Å². The molecule has 0 aromatic heterocycles. The Balaban J connectivity index is 1.95. The molecule has 0 aliphatic carbocycles. The highest BCUT2D eigenvalue weighted by Crippen LogP contribution is 2.25.